The van der Waals surface area contributed by atoms with Gasteiger partial charge in [-0.25, -0.2) is 4.89 Å². The van der Waals surface area contributed by atoms with Crippen LogP contribution in [0.5, 0.6) is 0 Å². The molecule has 0 aliphatic heterocycles. The van der Waals surface area contributed by atoms with E-state index in [9.17, 15) is 10.0 Å². The molecule has 0 bridgehead atoms. The third-order valence-electron chi connectivity index (χ3n) is 2.56. The molecule has 112 valence electrons. The monoisotopic (exact) mass is 276 g/mol. The Bertz CT molecular complexity index is 198. The topological polar surface area (TPSA) is 88.4 Å². The lowest BCUT2D eigenvalue weighted by Gasteiger charge is -2.19. The first kappa shape index (κ1) is 18.9. The number of aliphatic hydroxyl groups is 1. The van der Waals surface area contributed by atoms with Crippen molar-refractivity contribution in [3.05, 3.63) is 0 Å². The molecule has 0 aromatic heterocycles. The smallest absolute Gasteiger partial charge is 0.427 e. The second-order valence-corrected chi connectivity index (χ2v) is 4.46. The third-order valence-corrected chi connectivity index (χ3v) is 2.56. The van der Waals surface area contributed by atoms with Crippen molar-refractivity contribution in [2.45, 2.75) is 64.9 Å². The van der Waals surface area contributed by atoms with Gasteiger partial charge in [0.15, 0.2) is 6.29 Å². The van der Waals surface area contributed by atoms with Crippen LogP contribution in [0.25, 0.3) is 0 Å². The van der Waals surface area contributed by atoms with Crippen molar-refractivity contribution in [1.29, 1.82) is 0 Å². The van der Waals surface area contributed by atoms with Crippen LogP contribution in [0.4, 0.5) is 0 Å². The van der Waals surface area contributed by atoms with E-state index in [0.29, 0.717) is 12.6 Å². The van der Waals surface area contributed by atoms with Crippen molar-refractivity contribution in [2.75, 3.05) is 6.61 Å². The van der Waals surface area contributed by atoms with Gasteiger partial charge in [0.2, 0.25) is 0 Å². The lowest BCUT2D eigenvalue weighted by Crippen LogP contribution is -2.31. The predicted octanol–water partition coefficient (Wildman–Crippen LogP) is 1.22. The average Bonchev–Trinajstić information content (AvgIpc) is 2.40. The van der Waals surface area contributed by atoms with Gasteiger partial charge in [-0.15, -0.1) is 0 Å². The summed E-state index contributed by atoms with van der Waals surface area (Å²) in [7, 11) is -1.97. The minimum absolute atomic E-state index is 0.153. The Hall–Kier alpha value is -0.110. The van der Waals surface area contributed by atoms with Gasteiger partial charge in [-0.3, -0.25) is 4.81 Å². The molecule has 0 saturated carbocycles. The second-order valence-electron chi connectivity index (χ2n) is 4.46. The maximum absolute atomic E-state index is 9.58. The van der Waals surface area contributed by atoms with Crippen LogP contribution >= 0.6 is 0 Å². The maximum atomic E-state index is 9.58. The van der Waals surface area contributed by atoms with Gasteiger partial charge in [0.25, 0.3) is 0 Å². The van der Waals surface area contributed by atoms with Gasteiger partial charge in [0, 0.05) is 13.0 Å². The van der Waals surface area contributed by atoms with Gasteiger partial charge in [0.1, 0.15) is 0 Å². The third kappa shape index (κ3) is 11.4. The van der Waals surface area contributed by atoms with Crippen LogP contribution in [0.1, 0.15) is 46.0 Å². The van der Waals surface area contributed by atoms with Gasteiger partial charge >= 0.3 is 14.2 Å². The minimum atomic E-state index is -1.02. The van der Waals surface area contributed by atoms with Crippen molar-refractivity contribution >= 4 is 14.2 Å². The van der Waals surface area contributed by atoms with Crippen molar-refractivity contribution < 1.29 is 29.5 Å². The lowest BCUT2D eigenvalue weighted by molar-refractivity contribution is -0.314. The van der Waals surface area contributed by atoms with Gasteiger partial charge < -0.3 is 19.8 Å². The summed E-state index contributed by atoms with van der Waals surface area (Å²) >= 11 is 0. The van der Waals surface area contributed by atoms with Crippen LogP contribution in [0.2, 0.25) is 12.6 Å². The minimum Gasteiger partial charge on any atom is -0.427 e. The predicted molar refractivity (Wildman–Crippen MR) is 74.1 cm³/mol. The zero-order valence-electron chi connectivity index (χ0n) is 12.0. The molecule has 8 heteroatoms. The first-order chi connectivity index (χ1) is 9.13. The van der Waals surface area contributed by atoms with E-state index in [0.717, 1.165) is 25.7 Å². The molecule has 0 amide bonds. The van der Waals surface area contributed by atoms with Crippen molar-refractivity contribution in [2.24, 2.45) is 0 Å². The van der Waals surface area contributed by atoms with Crippen LogP contribution < -0.4 is 0 Å². The molecule has 1 unspecified atom stereocenters. The summed E-state index contributed by atoms with van der Waals surface area (Å²) in [5.74, 6) is 0. The highest BCUT2D eigenvalue weighted by molar-refractivity contribution is 6.43. The Morgan fingerprint density at radius 3 is 2.11 bits per heavy atom. The molecular weight excluding hydrogens is 250 g/mol. The number of aliphatic hydroxyl groups excluding tert-OH is 1. The Kier molecular flexibility index (Phi) is 12.8. The number of hydrogen-bond acceptors (Lipinski definition) is 6. The fourth-order valence-electron chi connectivity index (χ4n) is 1.42. The number of unbranched alkanes of at least 4 members (excludes halogenated alkanes) is 2. The van der Waals surface area contributed by atoms with E-state index < -0.39 is 20.5 Å². The first-order valence-electron chi connectivity index (χ1n) is 7.08. The van der Waals surface area contributed by atoms with Crippen LogP contribution in [-0.2, 0) is 14.3 Å². The molecule has 3 N–H and O–H groups in total. The molecule has 0 aromatic carbocycles. The zero-order chi connectivity index (χ0) is 14.5. The normalized spacial score (nSPS) is 12.5. The molecule has 0 heterocycles. The van der Waals surface area contributed by atoms with Crippen molar-refractivity contribution in [3.63, 3.8) is 0 Å². The van der Waals surface area contributed by atoms with Crippen LogP contribution in [-0.4, -0.2) is 42.3 Å². The fraction of sp³-hybridized carbons (Fsp3) is 1.00. The van der Waals surface area contributed by atoms with E-state index in [4.69, 9.17) is 19.5 Å². The Labute approximate surface area is 116 Å². The highest BCUT2D eigenvalue weighted by Crippen LogP contribution is 2.09. The van der Waals surface area contributed by atoms with Crippen molar-refractivity contribution in [3.8, 4) is 0 Å². The van der Waals surface area contributed by atoms with Crippen LogP contribution in [0.15, 0.2) is 0 Å². The molecule has 0 aromatic rings. The van der Waals surface area contributed by atoms with Gasteiger partial charge in [0.05, 0.1) is 0 Å². The van der Waals surface area contributed by atoms with E-state index in [-0.39, 0.29) is 13.0 Å². The van der Waals surface area contributed by atoms with Gasteiger partial charge in [-0.1, -0.05) is 39.5 Å². The van der Waals surface area contributed by atoms with E-state index in [1.165, 1.54) is 0 Å². The maximum Gasteiger partial charge on any atom is 0.487 e. The van der Waals surface area contributed by atoms with Gasteiger partial charge in [-0.2, -0.15) is 0 Å². The largest absolute Gasteiger partial charge is 0.487 e. The van der Waals surface area contributed by atoms with Crippen molar-refractivity contribution in [1.82, 2.24) is 0 Å². The Balaban J connectivity index is 3.89. The summed E-state index contributed by atoms with van der Waals surface area (Å²) in [6, 6.07) is 0. The average molecular weight is 276 g/mol. The standard InChI is InChI=1S/C11H26B2O6/c1-3-5-8-12(15)17-11(7-10-14)18-19-13(16)9-6-4-2/h11,14-16H,3-10H2,1-2H3. The molecule has 0 saturated heterocycles. The van der Waals surface area contributed by atoms with Crippen LogP contribution in [0, 0.1) is 0 Å². The SMILES string of the molecule is CCCCB(O)OOC(CCO)OB(O)CCCC. The quantitative estimate of drug-likeness (QED) is 0.203. The van der Waals surface area contributed by atoms with Gasteiger partial charge in [-0.05, 0) is 12.6 Å². The molecule has 0 radical (unpaired) electrons. The Morgan fingerprint density at radius 2 is 1.58 bits per heavy atom. The summed E-state index contributed by atoms with van der Waals surface area (Å²) in [5, 5.41) is 27.9. The Morgan fingerprint density at radius 1 is 1.00 bits per heavy atom. The highest BCUT2D eigenvalue weighted by atomic mass is 17.2. The van der Waals surface area contributed by atoms with Crippen LogP contribution in [0.3, 0.4) is 0 Å². The second kappa shape index (κ2) is 12.9. The molecule has 19 heavy (non-hydrogen) atoms. The van der Waals surface area contributed by atoms with E-state index in [1.807, 2.05) is 13.8 Å². The lowest BCUT2D eigenvalue weighted by atomic mass is 9.83. The molecule has 0 aliphatic carbocycles. The summed E-state index contributed by atoms with van der Waals surface area (Å²) in [6.07, 6.45) is 3.84. The summed E-state index contributed by atoms with van der Waals surface area (Å²) in [5.41, 5.74) is 0. The molecular formula is C11H26B2O6. The molecule has 1 atom stereocenters. The number of rotatable bonds is 13. The molecule has 0 rings (SSSR count). The highest BCUT2D eigenvalue weighted by Gasteiger charge is 2.22. The molecule has 0 spiro atoms. The van der Waals surface area contributed by atoms with E-state index in [2.05, 4.69) is 0 Å². The molecule has 0 fully saturated rings. The summed E-state index contributed by atoms with van der Waals surface area (Å²) < 4.78 is 5.19. The number of hydrogen-bond donors (Lipinski definition) is 3. The fourth-order valence-corrected chi connectivity index (χ4v) is 1.42. The zero-order valence-corrected chi connectivity index (χ0v) is 12.0. The summed E-state index contributed by atoms with van der Waals surface area (Å²) in [6.45, 7) is 3.87. The molecule has 0 aliphatic rings. The van der Waals surface area contributed by atoms with E-state index in [1.54, 1.807) is 0 Å². The van der Waals surface area contributed by atoms with E-state index >= 15 is 0 Å². The first-order valence-corrected chi connectivity index (χ1v) is 7.08. The molecule has 6 nitrogen and oxygen atoms in total. The summed E-state index contributed by atoms with van der Waals surface area (Å²) in [4.78, 5) is 9.67.